The Morgan fingerprint density at radius 1 is 1.48 bits per heavy atom. The van der Waals surface area contributed by atoms with Crippen molar-refractivity contribution >= 4 is 5.91 Å². The van der Waals surface area contributed by atoms with Crippen LogP contribution in [0.1, 0.15) is 57.8 Å². The Kier molecular flexibility index (Phi) is 4.71. The van der Waals surface area contributed by atoms with Crippen molar-refractivity contribution in [3.63, 3.8) is 0 Å². The first-order chi connectivity index (χ1) is 9.77. The van der Waals surface area contributed by atoms with E-state index in [0.29, 0.717) is 13.0 Å². The molecule has 118 valence electrons. The third kappa shape index (κ3) is 4.06. The maximum atomic E-state index is 12.4. The van der Waals surface area contributed by atoms with E-state index in [1.807, 2.05) is 13.1 Å². The van der Waals surface area contributed by atoms with Crippen molar-refractivity contribution < 1.29 is 9.90 Å². The number of aromatic amines is 1. The number of nitrogens with zero attached hydrogens (tertiary/aromatic N) is 2. The highest BCUT2D eigenvalue weighted by Gasteiger charge is 2.28. The molecule has 2 atom stereocenters. The van der Waals surface area contributed by atoms with E-state index in [1.165, 1.54) is 0 Å². The number of hydrogen-bond acceptors (Lipinski definition) is 3. The van der Waals surface area contributed by atoms with Gasteiger partial charge >= 0.3 is 0 Å². The van der Waals surface area contributed by atoms with Gasteiger partial charge in [-0.15, -0.1) is 0 Å². The Morgan fingerprint density at radius 3 is 2.76 bits per heavy atom. The molecule has 1 amide bonds. The molecule has 1 aromatic heterocycles. The third-order valence-corrected chi connectivity index (χ3v) is 4.18. The van der Waals surface area contributed by atoms with Gasteiger partial charge < -0.3 is 10.0 Å². The molecule has 0 radical (unpaired) electrons. The van der Waals surface area contributed by atoms with Crippen molar-refractivity contribution in [1.29, 1.82) is 0 Å². The molecule has 0 unspecified atom stereocenters. The highest BCUT2D eigenvalue weighted by molar-refractivity contribution is 5.78. The highest BCUT2D eigenvalue weighted by atomic mass is 16.3. The minimum Gasteiger partial charge on any atom is -0.393 e. The second-order valence-corrected chi connectivity index (χ2v) is 7.24. The summed E-state index contributed by atoms with van der Waals surface area (Å²) < 4.78 is 0. The molecular formula is C16H27N3O2. The molecule has 1 aliphatic rings. The van der Waals surface area contributed by atoms with Crippen LogP contribution in [0.4, 0.5) is 0 Å². The van der Waals surface area contributed by atoms with Crippen LogP contribution < -0.4 is 0 Å². The van der Waals surface area contributed by atoms with Crippen molar-refractivity contribution in [2.75, 3.05) is 7.05 Å². The second kappa shape index (κ2) is 6.18. The van der Waals surface area contributed by atoms with Crippen molar-refractivity contribution in [1.82, 2.24) is 15.1 Å². The smallest absolute Gasteiger partial charge is 0.225 e. The molecule has 1 fully saturated rings. The largest absolute Gasteiger partial charge is 0.393 e. The summed E-state index contributed by atoms with van der Waals surface area (Å²) in [6.07, 6.45) is 2.92. The van der Waals surface area contributed by atoms with E-state index < -0.39 is 0 Å². The van der Waals surface area contributed by atoms with Crippen molar-refractivity contribution in [3.05, 3.63) is 17.5 Å². The van der Waals surface area contributed by atoms with Crippen LogP contribution in [0, 0.1) is 5.92 Å². The number of hydrogen-bond donors (Lipinski definition) is 2. The topological polar surface area (TPSA) is 69.2 Å². The number of carbonyl (C=O) groups excluding carboxylic acids is 1. The van der Waals surface area contributed by atoms with Crippen LogP contribution in [-0.2, 0) is 16.8 Å². The molecule has 2 N–H and O–H groups in total. The summed E-state index contributed by atoms with van der Waals surface area (Å²) in [5, 5.41) is 17.0. The lowest BCUT2D eigenvalue weighted by Crippen LogP contribution is -2.36. The SMILES string of the molecule is CN(Cc1cc(C(C)(C)C)n[nH]1)C(=O)[C@H]1CCC[C@H](O)C1. The van der Waals surface area contributed by atoms with Gasteiger partial charge in [-0.2, -0.15) is 5.10 Å². The number of amides is 1. The monoisotopic (exact) mass is 293 g/mol. The zero-order valence-corrected chi connectivity index (χ0v) is 13.5. The summed E-state index contributed by atoms with van der Waals surface area (Å²) in [4.78, 5) is 14.2. The Bertz CT molecular complexity index is 490. The predicted molar refractivity (Wildman–Crippen MR) is 81.7 cm³/mol. The van der Waals surface area contributed by atoms with Crippen LogP contribution in [0.25, 0.3) is 0 Å². The maximum Gasteiger partial charge on any atom is 0.225 e. The summed E-state index contributed by atoms with van der Waals surface area (Å²) in [5.41, 5.74) is 1.96. The maximum absolute atomic E-state index is 12.4. The van der Waals surface area contributed by atoms with Gasteiger partial charge in [0.15, 0.2) is 0 Å². The van der Waals surface area contributed by atoms with Gasteiger partial charge in [0.05, 0.1) is 24.0 Å². The number of H-pyrrole nitrogens is 1. The average Bonchev–Trinajstić information content (AvgIpc) is 2.86. The van der Waals surface area contributed by atoms with Crippen molar-refractivity contribution in [2.24, 2.45) is 5.92 Å². The summed E-state index contributed by atoms with van der Waals surface area (Å²) in [5.74, 6) is 0.0874. The third-order valence-electron chi connectivity index (χ3n) is 4.18. The van der Waals surface area contributed by atoms with E-state index in [-0.39, 0.29) is 23.3 Å². The molecule has 0 aromatic carbocycles. The van der Waals surface area contributed by atoms with Gasteiger partial charge in [0.2, 0.25) is 5.91 Å². The lowest BCUT2D eigenvalue weighted by molar-refractivity contribution is -0.137. The van der Waals surface area contributed by atoms with Crippen LogP contribution in [0.3, 0.4) is 0 Å². The summed E-state index contributed by atoms with van der Waals surface area (Å²) in [6.45, 7) is 6.89. The summed E-state index contributed by atoms with van der Waals surface area (Å²) >= 11 is 0. The Labute approximate surface area is 126 Å². The predicted octanol–water partition coefficient (Wildman–Crippen LogP) is 2.22. The first-order valence-electron chi connectivity index (χ1n) is 7.75. The average molecular weight is 293 g/mol. The molecule has 0 aliphatic heterocycles. The molecule has 1 saturated carbocycles. The molecule has 0 saturated heterocycles. The fraction of sp³-hybridized carbons (Fsp3) is 0.750. The van der Waals surface area contributed by atoms with Crippen LogP contribution in [0.15, 0.2) is 6.07 Å². The lowest BCUT2D eigenvalue weighted by atomic mass is 9.86. The molecule has 5 nitrogen and oxygen atoms in total. The van der Waals surface area contributed by atoms with E-state index in [4.69, 9.17) is 0 Å². The molecule has 1 aliphatic carbocycles. The van der Waals surface area contributed by atoms with Gasteiger partial charge in [0.1, 0.15) is 0 Å². The number of rotatable bonds is 3. The zero-order chi connectivity index (χ0) is 15.6. The van der Waals surface area contributed by atoms with Gasteiger partial charge in [-0.05, 0) is 25.3 Å². The van der Waals surface area contributed by atoms with Gasteiger partial charge in [0, 0.05) is 18.4 Å². The summed E-state index contributed by atoms with van der Waals surface area (Å²) in [7, 11) is 1.82. The molecule has 5 heteroatoms. The molecule has 1 heterocycles. The standard InChI is InChI=1S/C16H27N3O2/c1-16(2,3)14-9-12(17-18-14)10-19(4)15(21)11-6-5-7-13(20)8-11/h9,11,13,20H,5-8,10H2,1-4H3,(H,17,18)/t11-,13-/m0/s1. The quantitative estimate of drug-likeness (QED) is 0.898. The number of carbonyl (C=O) groups is 1. The Balaban J connectivity index is 1.96. The fourth-order valence-corrected chi connectivity index (χ4v) is 2.86. The van der Waals surface area contributed by atoms with Gasteiger partial charge in [-0.3, -0.25) is 9.89 Å². The van der Waals surface area contributed by atoms with Crippen LogP contribution in [0.5, 0.6) is 0 Å². The molecule has 0 spiro atoms. The second-order valence-electron chi connectivity index (χ2n) is 7.24. The number of nitrogens with one attached hydrogen (secondary N) is 1. The van der Waals surface area contributed by atoms with E-state index in [9.17, 15) is 9.90 Å². The molecule has 0 bridgehead atoms. The van der Waals surface area contributed by atoms with Crippen LogP contribution >= 0.6 is 0 Å². The van der Waals surface area contributed by atoms with E-state index in [1.54, 1.807) is 4.90 Å². The normalized spacial score (nSPS) is 23.1. The first kappa shape index (κ1) is 16.0. The molecule has 1 aromatic rings. The molecule has 21 heavy (non-hydrogen) atoms. The Morgan fingerprint density at radius 2 is 2.19 bits per heavy atom. The highest BCUT2D eigenvalue weighted by Crippen LogP contribution is 2.26. The summed E-state index contributed by atoms with van der Waals surface area (Å²) in [6, 6.07) is 2.03. The fourth-order valence-electron chi connectivity index (χ4n) is 2.86. The lowest BCUT2D eigenvalue weighted by Gasteiger charge is -2.28. The van der Waals surface area contributed by atoms with Crippen LogP contribution in [0.2, 0.25) is 0 Å². The Hall–Kier alpha value is -1.36. The minimum absolute atomic E-state index is 0.00477. The van der Waals surface area contributed by atoms with E-state index in [2.05, 4.69) is 31.0 Å². The minimum atomic E-state index is -0.319. The van der Waals surface area contributed by atoms with Crippen LogP contribution in [-0.4, -0.2) is 39.3 Å². The van der Waals surface area contributed by atoms with E-state index in [0.717, 1.165) is 30.7 Å². The molecular weight excluding hydrogens is 266 g/mol. The molecule has 2 rings (SSSR count). The van der Waals surface area contributed by atoms with Gasteiger partial charge in [-0.1, -0.05) is 27.2 Å². The van der Waals surface area contributed by atoms with Gasteiger partial charge in [0.25, 0.3) is 0 Å². The van der Waals surface area contributed by atoms with Gasteiger partial charge in [-0.25, -0.2) is 0 Å². The number of aromatic nitrogens is 2. The zero-order valence-electron chi connectivity index (χ0n) is 13.5. The van der Waals surface area contributed by atoms with E-state index >= 15 is 0 Å². The number of aliphatic hydroxyl groups is 1. The van der Waals surface area contributed by atoms with Crippen molar-refractivity contribution in [3.8, 4) is 0 Å². The van der Waals surface area contributed by atoms with Crippen molar-refractivity contribution in [2.45, 2.75) is 64.5 Å². The first-order valence-corrected chi connectivity index (χ1v) is 7.75. The number of aliphatic hydroxyl groups excluding tert-OH is 1.